The number of halogens is 1. The maximum Gasteiger partial charge on any atom is 0.336 e. The third-order valence-corrected chi connectivity index (χ3v) is 4.11. The maximum absolute atomic E-state index is 12.3. The Hall–Kier alpha value is -2.59. The standard InChI is InChI=1S/C21H21ClO4/c1-12(2)26-20-14(4)19(21(24)25)13(3)11-16(20)7-10-18(23)15-5-8-17(22)9-6-15/h5-12H,1-4H3,(H,24,25). The van der Waals surface area contributed by atoms with Crippen LogP contribution in [0.1, 0.15) is 51.3 Å². The molecule has 0 radical (unpaired) electrons. The van der Waals surface area contributed by atoms with Crippen LogP contribution in [0.4, 0.5) is 0 Å². The molecule has 136 valence electrons. The summed E-state index contributed by atoms with van der Waals surface area (Å²) in [5.41, 5.74) is 2.57. The van der Waals surface area contributed by atoms with Crippen LogP contribution in [0.25, 0.3) is 6.08 Å². The van der Waals surface area contributed by atoms with Gasteiger partial charge in [-0.15, -0.1) is 0 Å². The number of carbonyl (C=O) groups excluding carboxylic acids is 1. The second-order valence-corrected chi connectivity index (χ2v) is 6.72. The molecule has 0 atom stereocenters. The van der Waals surface area contributed by atoms with Gasteiger partial charge in [-0.25, -0.2) is 4.79 Å². The van der Waals surface area contributed by atoms with Crippen LogP contribution in [0, 0.1) is 13.8 Å². The van der Waals surface area contributed by atoms with Crippen LogP contribution in [0.3, 0.4) is 0 Å². The third-order valence-electron chi connectivity index (χ3n) is 3.85. The first-order chi connectivity index (χ1) is 12.2. The number of hydrogen-bond donors (Lipinski definition) is 1. The lowest BCUT2D eigenvalue weighted by atomic mass is 9.97. The number of carboxylic acids is 1. The Kier molecular flexibility index (Phi) is 6.22. The average molecular weight is 373 g/mol. The van der Waals surface area contributed by atoms with Gasteiger partial charge in [0.25, 0.3) is 0 Å². The van der Waals surface area contributed by atoms with Crippen molar-refractivity contribution in [3.05, 3.63) is 69.2 Å². The lowest BCUT2D eigenvalue weighted by Crippen LogP contribution is -2.12. The van der Waals surface area contributed by atoms with Crippen molar-refractivity contribution < 1.29 is 19.4 Å². The molecule has 2 aromatic rings. The van der Waals surface area contributed by atoms with Crippen molar-refractivity contribution >= 4 is 29.4 Å². The van der Waals surface area contributed by atoms with E-state index in [0.29, 0.717) is 33.0 Å². The summed E-state index contributed by atoms with van der Waals surface area (Å²) in [5, 5.41) is 10.0. The van der Waals surface area contributed by atoms with E-state index in [4.69, 9.17) is 16.3 Å². The number of ketones is 1. The smallest absolute Gasteiger partial charge is 0.336 e. The summed E-state index contributed by atoms with van der Waals surface area (Å²) in [6.45, 7) is 7.18. The second-order valence-electron chi connectivity index (χ2n) is 6.29. The normalized spacial score (nSPS) is 11.2. The molecule has 0 amide bonds. The molecule has 5 heteroatoms. The van der Waals surface area contributed by atoms with Gasteiger partial charge >= 0.3 is 5.97 Å². The lowest BCUT2D eigenvalue weighted by Gasteiger charge is -2.18. The molecule has 1 N–H and O–H groups in total. The van der Waals surface area contributed by atoms with Gasteiger partial charge in [0.1, 0.15) is 5.75 Å². The van der Waals surface area contributed by atoms with Crippen molar-refractivity contribution in [1.82, 2.24) is 0 Å². The lowest BCUT2D eigenvalue weighted by molar-refractivity contribution is 0.0694. The Morgan fingerprint density at radius 3 is 2.31 bits per heavy atom. The van der Waals surface area contributed by atoms with E-state index in [9.17, 15) is 14.7 Å². The van der Waals surface area contributed by atoms with E-state index < -0.39 is 5.97 Å². The summed E-state index contributed by atoms with van der Waals surface area (Å²) < 4.78 is 5.83. The van der Waals surface area contributed by atoms with E-state index in [-0.39, 0.29) is 17.5 Å². The fourth-order valence-corrected chi connectivity index (χ4v) is 2.84. The van der Waals surface area contributed by atoms with Gasteiger partial charge in [-0.1, -0.05) is 11.6 Å². The maximum atomic E-state index is 12.3. The zero-order valence-corrected chi connectivity index (χ0v) is 15.9. The van der Waals surface area contributed by atoms with Gasteiger partial charge in [-0.3, -0.25) is 4.79 Å². The molecule has 0 heterocycles. The summed E-state index contributed by atoms with van der Waals surface area (Å²) in [6.07, 6.45) is 2.97. The van der Waals surface area contributed by atoms with E-state index in [0.717, 1.165) is 0 Å². The zero-order chi connectivity index (χ0) is 19.4. The van der Waals surface area contributed by atoms with E-state index in [1.807, 2.05) is 13.8 Å². The molecule has 26 heavy (non-hydrogen) atoms. The summed E-state index contributed by atoms with van der Waals surface area (Å²) >= 11 is 5.84. The highest BCUT2D eigenvalue weighted by Gasteiger charge is 2.19. The van der Waals surface area contributed by atoms with E-state index in [1.165, 1.54) is 6.08 Å². The molecule has 0 aliphatic heterocycles. The number of benzene rings is 2. The first-order valence-electron chi connectivity index (χ1n) is 8.22. The SMILES string of the molecule is Cc1cc(C=CC(=O)c2ccc(Cl)cc2)c(OC(C)C)c(C)c1C(=O)O. The minimum absolute atomic E-state index is 0.128. The minimum atomic E-state index is -0.999. The summed E-state index contributed by atoms with van der Waals surface area (Å²) in [6, 6.07) is 8.35. The van der Waals surface area contributed by atoms with E-state index in [2.05, 4.69) is 0 Å². The zero-order valence-electron chi connectivity index (χ0n) is 15.2. The molecule has 0 aromatic heterocycles. The number of aryl methyl sites for hydroxylation is 1. The Labute approximate surface area is 158 Å². The van der Waals surface area contributed by atoms with Gasteiger partial charge in [0.05, 0.1) is 11.7 Å². The molecule has 0 aliphatic rings. The molecule has 2 rings (SSSR count). The van der Waals surface area contributed by atoms with Crippen molar-refractivity contribution in [3.8, 4) is 5.75 Å². The van der Waals surface area contributed by atoms with Gasteiger partial charge in [-0.2, -0.15) is 0 Å². The number of hydrogen-bond acceptors (Lipinski definition) is 3. The molecule has 0 spiro atoms. The molecule has 4 nitrogen and oxygen atoms in total. The highest BCUT2D eigenvalue weighted by molar-refractivity contribution is 6.30. The second kappa shape index (κ2) is 8.19. The quantitative estimate of drug-likeness (QED) is 0.549. The number of aromatic carboxylic acids is 1. The summed E-state index contributed by atoms with van der Waals surface area (Å²) in [7, 11) is 0. The number of allylic oxidation sites excluding steroid dienone is 1. The van der Waals surface area contributed by atoms with Crippen molar-refractivity contribution in [2.75, 3.05) is 0 Å². The topological polar surface area (TPSA) is 63.6 Å². The number of carboxylic acid groups (broad SMARTS) is 1. The van der Waals surface area contributed by atoms with Crippen LogP contribution in [0.5, 0.6) is 5.75 Å². The highest BCUT2D eigenvalue weighted by Crippen LogP contribution is 2.31. The number of ether oxygens (including phenoxy) is 1. The number of carbonyl (C=O) groups is 2. The molecule has 0 unspecified atom stereocenters. The molecule has 0 saturated heterocycles. The van der Waals surface area contributed by atoms with Crippen LogP contribution >= 0.6 is 11.6 Å². The average Bonchev–Trinajstić information content (AvgIpc) is 2.55. The third kappa shape index (κ3) is 4.52. The Morgan fingerprint density at radius 1 is 1.15 bits per heavy atom. The van der Waals surface area contributed by atoms with Crippen LogP contribution < -0.4 is 4.74 Å². The summed E-state index contributed by atoms with van der Waals surface area (Å²) in [5.74, 6) is -0.695. The molecular weight excluding hydrogens is 352 g/mol. The van der Waals surface area contributed by atoms with Gasteiger partial charge in [0, 0.05) is 21.7 Å². The molecule has 0 fully saturated rings. The van der Waals surface area contributed by atoms with Crippen molar-refractivity contribution in [2.24, 2.45) is 0 Å². The highest BCUT2D eigenvalue weighted by atomic mass is 35.5. The van der Waals surface area contributed by atoms with Crippen LogP contribution in [-0.4, -0.2) is 23.0 Å². The molecule has 0 aliphatic carbocycles. The molecule has 2 aromatic carbocycles. The predicted molar refractivity (Wildman–Crippen MR) is 103 cm³/mol. The predicted octanol–water partition coefficient (Wildman–Crippen LogP) is 5.34. The van der Waals surface area contributed by atoms with Crippen molar-refractivity contribution in [3.63, 3.8) is 0 Å². The summed E-state index contributed by atoms with van der Waals surface area (Å²) in [4.78, 5) is 23.9. The van der Waals surface area contributed by atoms with Crippen LogP contribution in [0.2, 0.25) is 5.02 Å². The fraction of sp³-hybridized carbons (Fsp3) is 0.238. The fourth-order valence-electron chi connectivity index (χ4n) is 2.72. The largest absolute Gasteiger partial charge is 0.490 e. The van der Waals surface area contributed by atoms with Crippen molar-refractivity contribution in [1.29, 1.82) is 0 Å². The van der Waals surface area contributed by atoms with Crippen LogP contribution in [0.15, 0.2) is 36.4 Å². The van der Waals surface area contributed by atoms with Crippen molar-refractivity contribution in [2.45, 2.75) is 33.8 Å². The Balaban J connectivity index is 2.45. The minimum Gasteiger partial charge on any atom is -0.490 e. The molecular formula is C21H21ClO4. The molecule has 0 saturated carbocycles. The van der Waals surface area contributed by atoms with Gasteiger partial charge in [-0.05, 0) is 75.7 Å². The van der Waals surface area contributed by atoms with Crippen LogP contribution in [-0.2, 0) is 0 Å². The van der Waals surface area contributed by atoms with E-state index in [1.54, 1.807) is 50.3 Å². The molecule has 0 bridgehead atoms. The first-order valence-corrected chi connectivity index (χ1v) is 8.60. The van der Waals surface area contributed by atoms with Gasteiger partial charge < -0.3 is 9.84 Å². The monoisotopic (exact) mass is 372 g/mol. The van der Waals surface area contributed by atoms with Gasteiger partial charge in [0.15, 0.2) is 5.78 Å². The Bertz CT molecular complexity index is 865. The Morgan fingerprint density at radius 2 is 1.77 bits per heavy atom. The van der Waals surface area contributed by atoms with Gasteiger partial charge in [0.2, 0.25) is 0 Å². The first kappa shape index (κ1) is 19.7. The van der Waals surface area contributed by atoms with E-state index >= 15 is 0 Å². The number of rotatable bonds is 6.